The summed E-state index contributed by atoms with van der Waals surface area (Å²) in [4.78, 5) is 11.7. The van der Waals surface area contributed by atoms with E-state index in [0.29, 0.717) is 6.42 Å². The number of hydrogen-bond acceptors (Lipinski definition) is 2. The predicted octanol–water partition coefficient (Wildman–Crippen LogP) is 2.32. The van der Waals surface area contributed by atoms with Crippen LogP contribution in [-0.2, 0) is 11.2 Å². The minimum Gasteiger partial charge on any atom is -0.370 e. The van der Waals surface area contributed by atoms with Crippen LogP contribution in [0, 0.1) is 0 Å². The third-order valence-electron chi connectivity index (χ3n) is 1.48. The summed E-state index contributed by atoms with van der Waals surface area (Å²) in [6.45, 7) is 0. The molecule has 0 radical (unpaired) electrons. The molecule has 0 aliphatic heterocycles. The number of amides is 1. The van der Waals surface area contributed by atoms with Gasteiger partial charge in [0.15, 0.2) is 0 Å². The Balaban J connectivity index is 2.29. The van der Waals surface area contributed by atoms with Gasteiger partial charge in [-0.1, -0.05) is 0 Å². The lowest BCUT2D eigenvalue weighted by atomic mass is 10.2. The third-order valence-corrected chi connectivity index (χ3v) is 3.16. The number of nitrogens with two attached hydrogens (primary N) is 1. The Labute approximate surface area is 83.9 Å². The number of halogens is 1. The number of carbonyl (C=O) groups is 1. The summed E-state index contributed by atoms with van der Waals surface area (Å²) < 4.78 is 1.14. The average Bonchev–Trinajstić information content (AvgIpc) is 2.35. The first kappa shape index (κ1) is 9.74. The molecule has 0 aromatic carbocycles. The Bertz CT molecular complexity index is 272. The maximum Gasteiger partial charge on any atom is 0.217 e. The van der Waals surface area contributed by atoms with Gasteiger partial charge in [-0.3, -0.25) is 4.79 Å². The van der Waals surface area contributed by atoms with Gasteiger partial charge in [0.1, 0.15) is 0 Å². The van der Waals surface area contributed by atoms with Crippen LogP contribution < -0.4 is 5.73 Å². The van der Waals surface area contributed by atoms with Gasteiger partial charge in [-0.05, 0) is 40.9 Å². The van der Waals surface area contributed by atoms with Crippen LogP contribution in [0.5, 0.6) is 0 Å². The first-order valence-corrected chi connectivity index (χ1v) is 5.32. The van der Waals surface area contributed by atoms with Gasteiger partial charge in [-0.15, -0.1) is 11.3 Å². The molecule has 0 aliphatic carbocycles. The van der Waals surface area contributed by atoms with Gasteiger partial charge in [0, 0.05) is 11.3 Å². The molecule has 4 heteroatoms. The number of aryl methyl sites for hydroxylation is 1. The third kappa shape index (κ3) is 3.36. The van der Waals surface area contributed by atoms with Crippen LogP contribution >= 0.6 is 27.3 Å². The minimum atomic E-state index is -0.217. The molecule has 1 rings (SSSR count). The molecule has 2 nitrogen and oxygen atoms in total. The van der Waals surface area contributed by atoms with E-state index in [2.05, 4.69) is 22.0 Å². The van der Waals surface area contributed by atoms with Crippen molar-refractivity contribution in [3.63, 3.8) is 0 Å². The molecule has 0 atom stereocenters. The van der Waals surface area contributed by atoms with Gasteiger partial charge in [0.05, 0.1) is 3.79 Å². The number of rotatable bonds is 4. The Hall–Kier alpha value is -0.350. The van der Waals surface area contributed by atoms with Crippen molar-refractivity contribution in [3.8, 4) is 0 Å². The molecule has 0 unspecified atom stereocenters. The summed E-state index contributed by atoms with van der Waals surface area (Å²) in [6.07, 6.45) is 2.27. The number of hydrogen-bond donors (Lipinski definition) is 1. The van der Waals surface area contributed by atoms with Crippen molar-refractivity contribution in [2.45, 2.75) is 19.3 Å². The highest BCUT2D eigenvalue weighted by atomic mass is 79.9. The molecule has 0 aliphatic rings. The molecule has 12 heavy (non-hydrogen) atoms. The van der Waals surface area contributed by atoms with Crippen molar-refractivity contribution < 1.29 is 4.79 Å². The largest absolute Gasteiger partial charge is 0.370 e. The maximum atomic E-state index is 10.4. The van der Waals surface area contributed by atoms with Crippen LogP contribution in [0.1, 0.15) is 17.7 Å². The molecule has 0 saturated heterocycles. The fourth-order valence-corrected chi connectivity index (χ4v) is 2.45. The summed E-state index contributed by atoms with van der Waals surface area (Å²) in [5.41, 5.74) is 5.02. The molecule has 66 valence electrons. The highest BCUT2D eigenvalue weighted by Gasteiger charge is 1.99. The predicted molar refractivity (Wildman–Crippen MR) is 54.2 cm³/mol. The van der Waals surface area contributed by atoms with Crippen LogP contribution in [0.4, 0.5) is 0 Å². The minimum absolute atomic E-state index is 0.217. The molecule has 1 heterocycles. The quantitative estimate of drug-likeness (QED) is 0.872. The Morgan fingerprint density at radius 2 is 2.33 bits per heavy atom. The second-order valence-electron chi connectivity index (χ2n) is 2.53. The van der Waals surface area contributed by atoms with Crippen LogP contribution in [0.15, 0.2) is 15.9 Å². The van der Waals surface area contributed by atoms with E-state index in [1.807, 2.05) is 6.07 Å². The van der Waals surface area contributed by atoms with E-state index in [1.54, 1.807) is 11.3 Å². The fourth-order valence-electron chi connectivity index (χ4n) is 0.923. The van der Waals surface area contributed by atoms with Crippen LogP contribution in [0.25, 0.3) is 0 Å². The Morgan fingerprint density at radius 3 is 2.83 bits per heavy atom. The Morgan fingerprint density at radius 1 is 1.58 bits per heavy atom. The van der Waals surface area contributed by atoms with E-state index >= 15 is 0 Å². The lowest BCUT2D eigenvalue weighted by Crippen LogP contribution is -2.09. The van der Waals surface area contributed by atoms with Crippen LogP contribution in [-0.4, -0.2) is 5.91 Å². The molecule has 0 saturated carbocycles. The van der Waals surface area contributed by atoms with Gasteiger partial charge in [0.25, 0.3) is 0 Å². The molecular weight excluding hydrogens is 238 g/mol. The first-order valence-electron chi connectivity index (χ1n) is 3.71. The molecular formula is C8H10BrNOS. The van der Waals surface area contributed by atoms with E-state index in [9.17, 15) is 4.79 Å². The second-order valence-corrected chi connectivity index (χ2v) is 5.07. The highest BCUT2D eigenvalue weighted by molar-refractivity contribution is 9.11. The average molecular weight is 248 g/mol. The van der Waals surface area contributed by atoms with E-state index < -0.39 is 0 Å². The Kier molecular flexibility index (Phi) is 3.75. The summed E-state index contributed by atoms with van der Waals surface area (Å²) in [7, 11) is 0. The van der Waals surface area contributed by atoms with Gasteiger partial charge in [-0.25, -0.2) is 0 Å². The number of thiophene rings is 1. The van der Waals surface area contributed by atoms with Crippen molar-refractivity contribution >= 4 is 33.2 Å². The zero-order valence-corrected chi connectivity index (χ0v) is 8.95. The van der Waals surface area contributed by atoms with Crippen LogP contribution in [0.3, 0.4) is 0 Å². The molecule has 0 fully saturated rings. The number of carbonyl (C=O) groups excluding carboxylic acids is 1. The molecule has 1 aromatic rings. The van der Waals surface area contributed by atoms with E-state index in [-0.39, 0.29) is 5.91 Å². The van der Waals surface area contributed by atoms with E-state index in [1.165, 1.54) is 4.88 Å². The molecule has 2 N–H and O–H groups in total. The molecule has 0 bridgehead atoms. The molecule has 1 amide bonds. The molecule has 0 spiro atoms. The summed E-state index contributed by atoms with van der Waals surface area (Å²) in [5.74, 6) is -0.217. The van der Waals surface area contributed by atoms with E-state index in [4.69, 9.17) is 5.73 Å². The van der Waals surface area contributed by atoms with Crippen molar-refractivity contribution in [3.05, 3.63) is 20.8 Å². The number of primary amides is 1. The maximum absolute atomic E-state index is 10.4. The first-order chi connectivity index (χ1) is 5.68. The summed E-state index contributed by atoms with van der Waals surface area (Å²) >= 11 is 5.08. The zero-order chi connectivity index (χ0) is 8.97. The summed E-state index contributed by atoms with van der Waals surface area (Å²) in [5, 5.41) is 0. The van der Waals surface area contributed by atoms with Gasteiger partial charge >= 0.3 is 0 Å². The topological polar surface area (TPSA) is 43.1 Å². The molecule has 1 aromatic heterocycles. The monoisotopic (exact) mass is 247 g/mol. The highest BCUT2D eigenvalue weighted by Crippen LogP contribution is 2.23. The van der Waals surface area contributed by atoms with Gasteiger partial charge in [-0.2, -0.15) is 0 Å². The van der Waals surface area contributed by atoms with Crippen molar-refractivity contribution in [1.82, 2.24) is 0 Å². The normalized spacial score (nSPS) is 10.1. The van der Waals surface area contributed by atoms with Crippen molar-refractivity contribution in [2.75, 3.05) is 0 Å². The lowest BCUT2D eigenvalue weighted by Gasteiger charge is -1.93. The van der Waals surface area contributed by atoms with Crippen molar-refractivity contribution in [2.24, 2.45) is 5.73 Å². The van der Waals surface area contributed by atoms with Gasteiger partial charge < -0.3 is 5.73 Å². The fraction of sp³-hybridized carbons (Fsp3) is 0.375. The smallest absolute Gasteiger partial charge is 0.217 e. The SMILES string of the molecule is NC(=O)CCCc1ccc(Br)s1. The zero-order valence-electron chi connectivity index (χ0n) is 6.55. The van der Waals surface area contributed by atoms with Crippen LogP contribution in [0.2, 0.25) is 0 Å². The summed E-state index contributed by atoms with van der Waals surface area (Å²) in [6, 6.07) is 4.08. The van der Waals surface area contributed by atoms with Crippen molar-refractivity contribution in [1.29, 1.82) is 0 Å². The van der Waals surface area contributed by atoms with E-state index in [0.717, 1.165) is 16.6 Å². The lowest BCUT2D eigenvalue weighted by molar-refractivity contribution is -0.118. The van der Waals surface area contributed by atoms with Gasteiger partial charge in [0.2, 0.25) is 5.91 Å². The standard InChI is InChI=1S/C8H10BrNOS/c9-7-5-4-6(12-7)2-1-3-8(10)11/h4-5H,1-3H2,(H2,10,11). The second kappa shape index (κ2) is 4.62.